The summed E-state index contributed by atoms with van der Waals surface area (Å²) in [4.78, 5) is 28.0. The summed E-state index contributed by atoms with van der Waals surface area (Å²) < 4.78 is 0. The Kier molecular flexibility index (Phi) is 6.74. The van der Waals surface area contributed by atoms with Crippen molar-refractivity contribution < 1.29 is 19.8 Å². The molecule has 2 saturated heterocycles. The number of aromatic hydroxyl groups is 2. The van der Waals surface area contributed by atoms with Crippen molar-refractivity contribution in [1.29, 1.82) is 0 Å². The van der Waals surface area contributed by atoms with Crippen molar-refractivity contribution in [2.45, 2.75) is 38.5 Å². The Hall–Kier alpha value is -2.76. The maximum absolute atomic E-state index is 12.2. The van der Waals surface area contributed by atoms with Gasteiger partial charge in [0.2, 0.25) is 11.8 Å². The molecule has 0 bridgehead atoms. The lowest BCUT2D eigenvalue weighted by Gasteiger charge is -2.25. The summed E-state index contributed by atoms with van der Waals surface area (Å²) in [6.45, 7) is 3.04. The van der Waals surface area contributed by atoms with E-state index in [-0.39, 0.29) is 23.3 Å². The third-order valence-electron chi connectivity index (χ3n) is 5.32. The average Bonchev–Trinajstić information content (AvgIpc) is 2.73. The average molecular weight is 384 g/mol. The number of carbonyl (C=O) groups excluding carboxylic acids is 2. The summed E-state index contributed by atoms with van der Waals surface area (Å²) in [5.74, 6) is -0.277. The first-order chi connectivity index (χ1) is 13.5. The first-order valence-electron chi connectivity index (χ1n) is 10.0. The standard InChI is InChI=1S/C22H28N2O4/c25-19-16-18(8-10-22(28)24-13-5-2-6-14-24)20(26)15-17(19)7-9-21(27)23-11-3-1-4-12-23/h7-10,15-16,25-26H,1-6,11-14H2. The van der Waals surface area contributed by atoms with E-state index in [4.69, 9.17) is 0 Å². The van der Waals surface area contributed by atoms with Gasteiger partial charge in [0.05, 0.1) is 0 Å². The summed E-state index contributed by atoms with van der Waals surface area (Å²) >= 11 is 0. The fourth-order valence-corrected chi connectivity index (χ4v) is 3.64. The molecule has 1 aromatic rings. The Morgan fingerprint density at radius 3 is 1.39 bits per heavy atom. The van der Waals surface area contributed by atoms with Crippen molar-refractivity contribution in [2.24, 2.45) is 0 Å². The molecule has 0 spiro atoms. The summed E-state index contributed by atoms with van der Waals surface area (Å²) in [5, 5.41) is 20.5. The maximum Gasteiger partial charge on any atom is 0.246 e. The largest absolute Gasteiger partial charge is 0.507 e. The number of benzene rings is 1. The first-order valence-corrected chi connectivity index (χ1v) is 10.0. The fraction of sp³-hybridized carbons (Fsp3) is 0.455. The molecule has 3 rings (SSSR count). The molecule has 2 N–H and O–H groups in total. The van der Waals surface area contributed by atoms with Crippen LogP contribution in [0.4, 0.5) is 0 Å². The van der Waals surface area contributed by atoms with Crippen LogP contribution in [-0.2, 0) is 9.59 Å². The zero-order valence-electron chi connectivity index (χ0n) is 16.1. The number of phenolic OH excluding ortho intramolecular Hbond substituents is 2. The maximum atomic E-state index is 12.2. The van der Waals surface area contributed by atoms with Gasteiger partial charge in [0.25, 0.3) is 0 Å². The Morgan fingerprint density at radius 2 is 1.04 bits per heavy atom. The van der Waals surface area contributed by atoms with E-state index in [0.29, 0.717) is 11.1 Å². The van der Waals surface area contributed by atoms with Crippen LogP contribution in [-0.4, -0.2) is 58.0 Å². The van der Waals surface area contributed by atoms with Gasteiger partial charge in [-0.25, -0.2) is 0 Å². The second-order valence-corrected chi connectivity index (χ2v) is 7.41. The highest BCUT2D eigenvalue weighted by Gasteiger charge is 2.15. The summed E-state index contributed by atoms with van der Waals surface area (Å²) in [6, 6.07) is 2.81. The van der Waals surface area contributed by atoms with E-state index >= 15 is 0 Å². The van der Waals surface area contributed by atoms with E-state index in [9.17, 15) is 19.8 Å². The molecule has 0 atom stereocenters. The van der Waals surface area contributed by atoms with Crippen molar-refractivity contribution in [3.05, 3.63) is 35.4 Å². The van der Waals surface area contributed by atoms with Crippen LogP contribution in [0.2, 0.25) is 0 Å². The van der Waals surface area contributed by atoms with Gasteiger partial charge in [0.1, 0.15) is 11.5 Å². The lowest BCUT2D eigenvalue weighted by Crippen LogP contribution is -2.34. The Morgan fingerprint density at radius 1 is 0.679 bits per heavy atom. The molecule has 2 aliphatic rings. The molecule has 28 heavy (non-hydrogen) atoms. The lowest BCUT2D eigenvalue weighted by molar-refractivity contribution is -0.127. The quantitative estimate of drug-likeness (QED) is 0.617. The van der Waals surface area contributed by atoms with Gasteiger partial charge in [0.15, 0.2) is 0 Å². The Balaban J connectivity index is 1.66. The number of carbonyl (C=O) groups is 2. The SMILES string of the molecule is O=C(C=Cc1cc(O)c(C=CC(=O)N2CCCCC2)cc1O)N1CCCCC1. The number of rotatable bonds is 4. The highest BCUT2D eigenvalue weighted by atomic mass is 16.3. The number of likely N-dealkylation sites (tertiary alicyclic amines) is 2. The molecule has 2 aliphatic heterocycles. The molecule has 2 fully saturated rings. The molecule has 0 aliphatic carbocycles. The van der Waals surface area contributed by atoms with Crippen molar-refractivity contribution in [1.82, 2.24) is 9.80 Å². The number of phenols is 2. The van der Waals surface area contributed by atoms with E-state index in [1.165, 1.54) is 36.4 Å². The van der Waals surface area contributed by atoms with Crippen LogP contribution >= 0.6 is 0 Å². The van der Waals surface area contributed by atoms with E-state index in [0.717, 1.165) is 64.7 Å². The van der Waals surface area contributed by atoms with Crippen LogP contribution in [0.25, 0.3) is 12.2 Å². The molecule has 0 saturated carbocycles. The third-order valence-corrected chi connectivity index (χ3v) is 5.32. The van der Waals surface area contributed by atoms with Gasteiger partial charge in [-0.2, -0.15) is 0 Å². The van der Waals surface area contributed by atoms with E-state index in [2.05, 4.69) is 0 Å². The van der Waals surface area contributed by atoms with Crippen molar-refractivity contribution in [2.75, 3.05) is 26.2 Å². The normalized spacial score (nSPS) is 18.1. The summed E-state index contributed by atoms with van der Waals surface area (Å²) in [7, 11) is 0. The molecule has 0 aromatic heterocycles. The van der Waals surface area contributed by atoms with Crippen molar-refractivity contribution in [3.8, 4) is 11.5 Å². The lowest BCUT2D eigenvalue weighted by atomic mass is 10.1. The molecule has 0 unspecified atom stereocenters. The topological polar surface area (TPSA) is 81.1 Å². The molecule has 2 amide bonds. The third kappa shape index (κ3) is 5.15. The van der Waals surface area contributed by atoms with Gasteiger partial charge >= 0.3 is 0 Å². The highest BCUT2D eigenvalue weighted by molar-refractivity contribution is 5.93. The number of nitrogens with zero attached hydrogens (tertiary/aromatic N) is 2. The number of amides is 2. The molecular formula is C22H28N2O4. The minimum absolute atomic E-state index is 0.0504. The molecule has 2 heterocycles. The van der Waals surface area contributed by atoms with E-state index in [1.807, 2.05) is 0 Å². The second-order valence-electron chi connectivity index (χ2n) is 7.41. The number of hydrogen-bond donors (Lipinski definition) is 2. The molecule has 0 radical (unpaired) electrons. The molecule has 150 valence electrons. The van der Waals surface area contributed by atoms with Crippen LogP contribution < -0.4 is 0 Å². The Labute approximate surface area is 165 Å². The predicted octanol–water partition coefficient (Wildman–Crippen LogP) is 3.15. The highest BCUT2D eigenvalue weighted by Crippen LogP contribution is 2.29. The van der Waals surface area contributed by atoms with Crippen molar-refractivity contribution >= 4 is 24.0 Å². The van der Waals surface area contributed by atoms with Crippen LogP contribution in [0.5, 0.6) is 11.5 Å². The monoisotopic (exact) mass is 384 g/mol. The van der Waals surface area contributed by atoms with Gasteiger partial charge < -0.3 is 20.0 Å². The van der Waals surface area contributed by atoms with Gasteiger partial charge in [-0.05, 0) is 62.8 Å². The van der Waals surface area contributed by atoms with Gasteiger partial charge in [-0.15, -0.1) is 0 Å². The number of piperidine rings is 2. The minimum atomic E-state index is -0.0882. The summed E-state index contributed by atoms with van der Waals surface area (Å²) in [6.07, 6.45) is 12.2. The minimum Gasteiger partial charge on any atom is -0.507 e. The van der Waals surface area contributed by atoms with Crippen LogP contribution in [0.15, 0.2) is 24.3 Å². The van der Waals surface area contributed by atoms with Crippen LogP contribution in [0.1, 0.15) is 49.7 Å². The van der Waals surface area contributed by atoms with Crippen molar-refractivity contribution in [3.63, 3.8) is 0 Å². The Bertz CT molecular complexity index is 707. The van der Waals surface area contributed by atoms with Crippen LogP contribution in [0.3, 0.4) is 0 Å². The predicted molar refractivity (Wildman–Crippen MR) is 109 cm³/mol. The number of hydrogen-bond acceptors (Lipinski definition) is 4. The smallest absolute Gasteiger partial charge is 0.246 e. The molecule has 6 nitrogen and oxygen atoms in total. The molecule has 1 aromatic carbocycles. The zero-order chi connectivity index (χ0) is 19.9. The van der Waals surface area contributed by atoms with Gasteiger partial charge in [-0.1, -0.05) is 0 Å². The second kappa shape index (κ2) is 9.44. The van der Waals surface area contributed by atoms with E-state index in [1.54, 1.807) is 9.80 Å². The summed E-state index contributed by atoms with van der Waals surface area (Å²) in [5.41, 5.74) is 0.727. The van der Waals surface area contributed by atoms with Gasteiger partial charge in [-0.3, -0.25) is 9.59 Å². The molecule has 6 heteroatoms. The zero-order valence-corrected chi connectivity index (χ0v) is 16.1. The van der Waals surface area contributed by atoms with E-state index < -0.39 is 0 Å². The van der Waals surface area contributed by atoms with Crippen LogP contribution in [0, 0.1) is 0 Å². The first kappa shape index (κ1) is 20.0. The fourth-order valence-electron chi connectivity index (χ4n) is 3.64. The van der Waals surface area contributed by atoms with Gasteiger partial charge in [0, 0.05) is 49.5 Å². The molecular weight excluding hydrogens is 356 g/mol.